The molecule has 1 aromatic rings. The van der Waals surface area contributed by atoms with Gasteiger partial charge in [-0.05, 0) is 37.4 Å². The van der Waals surface area contributed by atoms with Crippen molar-refractivity contribution < 1.29 is 4.74 Å². The van der Waals surface area contributed by atoms with Crippen LogP contribution in [0, 0.1) is 0 Å². The number of hydrogen-bond donors (Lipinski definition) is 1. The molecule has 1 aliphatic heterocycles. The second-order valence-electron chi connectivity index (χ2n) is 5.71. The van der Waals surface area contributed by atoms with Gasteiger partial charge in [-0.3, -0.25) is 4.90 Å². The maximum atomic E-state index is 5.22. The van der Waals surface area contributed by atoms with Crippen LogP contribution in [-0.2, 0) is 4.74 Å². The molecule has 3 heteroatoms. The van der Waals surface area contributed by atoms with Crippen molar-refractivity contribution in [2.24, 2.45) is 0 Å². The van der Waals surface area contributed by atoms with E-state index >= 15 is 0 Å². The van der Waals surface area contributed by atoms with Gasteiger partial charge >= 0.3 is 0 Å². The number of nitrogens with one attached hydrogen (secondary N) is 1. The van der Waals surface area contributed by atoms with E-state index in [2.05, 4.69) is 34.5 Å². The Morgan fingerprint density at radius 3 is 2.89 bits per heavy atom. The molecule has 1 atom stereocenters. The van der Waals surface area contributed by atoms with Gasteiger partial charge in [-0.25, -0.2) is 0 Å². The number of hydrogen-bond acceptors (Lipinski definition) is 3. The summed E-state index contributed by atoms with van der Waals surface area (Å²) in [5.74, 6) is 0.681. The highest BCUT2D eigenvalue weighted by Gasteiger charge is 2.30. The minimum atomic E-state index is 0.681. The molecule has 1 unspecified atom stereocenters. The van der Waals surface area contributed by atoms with Gasteiger partial charge < -0.3 is 10.1 Å². The number of anilines is 1. The van der Waals surface area contributed by atoms with Gasteiger partial charge in [0.1, 0.15) is 0 Å². The lowest BCUT2D eigenvalue weighted by molar-refractivity contribution is 0.141. The highest BCUT2D eigenvalue weighted by molar-refractivity contribution is 5.57. The third kappa shape index (κ3) is 3.10. The van der Waals surface area contributed by atoms with Crippen LogP contribution in [0.2, 0.25) is 0 Å². The summed E-state index contributed by atoms with van der Waals surface area (Å²) in [6.45, 7) is 4.25. The smallest absolute Gasteiger partial charge is 0.0589 e. The summed E-state index contributed by atoms with van der Waals surface area (Å²) >= 11 is 0. The summed E-state index contributed by atoms with van der Waals surface area (Å²) in [5.41, 5.74) is 2.84. The van der Waals surface area contributed by atoms with Gasteiger partial charge in [-0.15, -0.1) is 0 Å². The third-order valence-electron chi connectivity index (χ3n) is 4.35. The van der Waals surface area contributed by atoms with E-state index in [0.29, 0.717) is 5.92 Å². The van der Waals surface area contributed by atoms with Gasteiger partial charge in [-0.1, -0.05) is 18.2 Å². The maximum Gasteiger partial charge on any atom is 0.0589 e. The molecule has 1 heterocycles. The molecule has 1 aromatic carbocycles. The maximum absolute atomic E-state index is 5.22. The van der Waals surface area contributed by atoms with Crippen LogP contribution in [0.3, 0.4) is 0 Å². The molecule has 0 spiro atoms. The second-order valence-corrected chi connectivity index (χ2v) is 5.71. The summed E-state index contributed by atoms with van der Waals surface area (Å²) in [7, 11) is 1.79. The zero-order valence-corrected chi connectivity index (χ0v) is 11.8. The second kappa shape index (κ2) is 5.93. The average Bonchev–Trinajstić information content (AvgIpc) is 3.20. The molecule has 1 saturated carbocycles. The summed E-state index contributed by atoms with van der Waals surface area (Å²) in [5, 5.41) is 3.52. The minimum absolute atomic E-state index is 0.681. The average molecular weight is 260 g/mol. The summed E-state index contributed by atoms with van der Waals surface area (Å²) in [4.78, 5) is 2.62. The van der Waals surface area contributed by atoms with Crippen LogP contribution in [0.5, 0.6) is 0 Å². The van der Waals surface area contributed by atoms with Crippen molar-refractivity contribution in [1.82, 2.24) is 4.90 Å². The van der Waals surface area contributed by atoms with Gasteiger partial charge in [0.25, 0.3) is 0 Å². The van der Waals surface area contributed by atoms with Crippen LogP contribution in [0.15, 0.2) is 24.3 Å². The number of nitrogens with zero attached hydrogens (tertiary/aromatic N) is 1. The van der Waals surface area contributed by atoms with Crippen LogP contribution < -0.4 is 5.32 Å². The lowest BCUT2D eigenvalue weighted by Gasteiger charge is -2.23. The molecular formula is C16H24N2O. The molecule has 3 rings (SSSR count). The summed E-state index contributed by atoms with van der Waals surface area (Å²) in [6, 6.07) is 9.57. The predicted molar refractivity (Wildman–Crippen MR) is 78.8 cm³/mol. The first kappa shape index (κ1) is 12.9. The van der Waals surface area contributed by atoms with Crippen LogP contribution in [0.4, 0.5) is 5.69 Å². The summed E-state index contributed by atoms with van der Waals surface area (Å²) in [6.07, 6.45) is 4.01. The van der Waals surface area contributed by atoms with Gasteiger partial charge in [0.15, 0.2) is 0 Å². The number of fused-ring (bicyclic) bond motifs is 1. The van der Waals surface area contributed by atoms with E-state index in [1.165, 1.54) is 37.1 Å². The molecule has 2 aliphatic rings. The molecule has 0 saturated heterocycles. The number of methoxy groups -OCH3 is 1. The number of rotatable bonds is 7. The molecule has 19 heavy (non-hydrogen) atoms. The van der Waals surface area contributed by atoms with Gasteiger partial charge in [-0.2, -0.15) is 0 Å². The SMILES string of the molecule is COCCN(CCC1CNc2ccccc21)C1CC1. The van der Waals surface area contributed by atoms with Crippen molar-refractivity contribution >= 4 is 5.69 Å². The first-order valence-corrected chi connectivity index (χ1v) is 7.44. The monoisotopic (exact) mass is 260 g/mol. The third-order valence-corrected chi connectivity index (χ3v) is 4.35. The van der Waals surface area contributed by atoms with E-state index in [1.54, 1.807) is 7.11 Å². The molecule has 3 nitrogen and oxygen atoms in total. The molecule has 1 N–H and O–H groups in total. The van der Waals surface area contributed by atoms with E-state index in [4.69, 9.17) is 4.74 Å². The van der Waals surface area contributed by atoms with E-state index in [-0.39, 0.29) is 0 Å². The first-order chi connectivity index (χ1) is 9.38. The first-order valence-electron chi connectivity index (χ1n) is 7.44. The molecular weight excluding hydrogens is 236 g/mol. The molecule has 1 aliphatic carbocycles. The van der Waals surface area contributed by atoms with Crippen LogP contribution >= 0.6 is 0 Å². The number of para-hydroxylation sites is 1. The molecule has 0 bridgehead atoms. The van der Waals surface area contributed by atoms with Crippen LogP contribution in [0.1, 0.15) is 30.7 Å². The molecule has 1 fully saturated rings. The molecule has 0 aromatic heterocycles. The Morgan fingerprint density at radius 1 is 1.26 bits per heavy atom. The fourth-order valence-corrected chi connectivity index (χ4v) is 3.06. The highest BCUT2D eigenvalue weighted by atomic mass is 16.5. The highest BCUT2D eigenvalue weighted by Crippen LogP contribution is 2.34. The Morgan fingerprint density at radius 2 is 2.11 bits per heavy atom. The van der Waals surface area contributed by atoms with Crippen molar-refractivity contribution in [3.8, 4) is 0 Å². The Hall–Kier alpha value is -1.06. The fourth-order valence-electron chi connectivity index (χ4n) is 3.06. The van der Waals surface area contributed by atoms with E-state index in [0.717, 1.165) is 25.7 Å². The Balaban J connectivity index is 1.54. The zero-order valence-electron chi connectivity index (χ0n) is 11.8. The quantitative estimate of drug-likeness (QED) is 0.816. The van der Waals surface area contributed by atoms with Crippen molar-refractivity contribution in [3.05, 3.63) is 29.8 Å². The molecule has 0 amide bonds. The number of benzene rings is 1. The standard InChI is InChI=1S/C16H24N2O/c1-19-11-10-18(14-6-7-14)9-8-13-12-17-16-5-3-2-4-15(13)16/h2-5,13-14,17H,6-12H2,1H3. The molecule has 104 valence electrons. The van der Waals surface area contributed by atoms with E-state index in [1.807, 2.05) is 0 Å². The minimum Gasteiger partial charge on any atom is -0.384 e. The largest absolute Gasteiger partial charge is 0.384 e. The van der Waals surface area contributed by atoms with Gasteiger partial charge in [0.2, 0.25) is 0 Å². The molecule has 0 radical (unpaired) electrons. The van der Waals surface area contributed by atoms with Gasteiger partial charge in [0.05, 0.1) is 6.61 Å². The van der Waals surface area contributed by atoms with Crippen molar-refractivity contribution in [3.63, 3.8) is 0 Å². The van der Waals surface area contributed by atoms with Crippen molar-refractivity contribution in [2.75, 3.05) is 38.7 Å². The fraction of sp³-hybridized carbons (Fsp3) is 0.625. The topological polar surface area (TPSA) is 24.5 Å². The Bertz CT molecular complexity index is 417. The predicted octanol–water partition coefficient (Wildman–Crippen LogP) is 2.70. The van der Waals surface area contributed by atoms with Crippen molar-refractivity contribution in [2.45, 2.75) is 31.2 Å². The zero-order chi connectivity index (χ0) is 13.1. The van der Waals surface area contributed by atoms with E-state index in [9.17, 15) is 0 Å². The Labute approximate surface area is 115 Å². The lowest BCUT2D eigenvalue weighted by atomic mass is 9.98. The Kier molecular flexibility index (Phi) is 4.04. The lowest BCUT2D eigenvalue weighted by Crippen LogP contribution is -2.31. The van der Waals surface area contributed by atoms with Gasteiger partial charge in [0, 0.05) is 37.8 Å². The number of ether oxygens (including phenoxy) is 1. The van der Waals surface area contributed by atoms with Crippen molar-refractivity contribution in [1.29, 1.82) is 0 Å². The normalized spacial score (nSPS) is 21.5. The summed E-state index contributed by atoms with van der Waals surface area (Å²) < 4.78 is 5.22. The van der Waals surface area contributed by atoms with Crippen LogP contribution in [-0.4, -0.2) is 44.3 Å². The van der Waals surface area contributed by atoms with E-state index < -0.39 is 0 Å². The van der Waals surface area contributed by atoms with Crippen LogP contribution in [0.25, 0.3) is 0 Å².